The molecule has 19 heavy (non-hydrogen) atoms. The number of aryl methyl sites for hydroxylation is 1. The number of ether oxygens (including phenoxy) is 1. The zero-order valence-electron chi connectivity index (χ0n) is 10.8. The number of nitrogens with two attached hydrogens (primary N) is 1. The van der Waals surface area contributed by atoms with E-state index < -0.39 is 0 Å². The molecule has 4 nitrogen and oxygen atoms in total. The summed E-state index contributed by atoms with van der Waals surface area (Å²) in [6, 6.07) is 4.94. The van der Waals surface area contributed by atoms with Gasteiger partial charge in [-0.15, -0.1) is 11.3 Å². The molecule has 3 N–H and O–H groups in total. The first-order chi connectivity index (χ1) is 9.17. The second-order valence-corrected chi connectivity index (χ2v) is 5.05. The van der Waals surface area contributed by atoms with Gasteiger partial charge in [0.2, 0.25) is 0 Å². The highest BCUT2D eigenvalue weighted by Gasteiger charge is 2.18. The lowest BCUT2D eigenvalue weighted by molar-refractivity contribution is 0.382. The lowest BCUT2D eigenvalue weighted by Gasteiger charge is -2.16. The van der Waals surface area contributed by atoms with Crippen LogP contribution in [-0.2, 0) is 6.42 Å². The molecule has 2 rings (SSSR count). The van der Waals surface area contributed by atoms with Gasteiger partial charge in [0.05, 0.1) is 24.4 Å². The number of aromatic nitrogens is 1. The van der Waals surface area contributed by atoms with E-state index in [1.807, 2.05) is 6.92 Å². The molecule has 6 heteroatoms. The largest absolute Gasteiger partial charge is 0.494 e. The molecule has 0 bridgehead atoms. The third-order valence-electron chi connectivity index (χ3n) is 2.99. The van der Waals surface area contributed by atoms with Crippen LogP contribution in [0.5, 0.6) is 5.75 Å². The third-order valence-corrected chi connectivity index (χ3v) is 4.03. The van der Waals surface area contributed by atoms with Crippen LogP contribution in [0.2, 0.25) is 0 Å². The molecule has 0 radical (unpaired) electrons. The van der Waals surface area contributed by atoms with Gasteiger partial charge in [-0.25, -0.2) is 9.37 Å². The monoisotopic (exact) mass is 281 g/mol. The molecule has 102 valence electrons. The summed E-state index contributed by atoms with van der Waals surface area (Å²) in [6.07, 6.45) is 0.447. The highest BCUT2D eigenvalue weighted by molar-refractivity contribution is 7.09. The molecule has 1 heterocycles. The van der Waals surface area contributed by atoms with Crippen molar-refractivity contribution in [3.8, 4) is 5.75 Å². The summed E-state index contributed by atoms with van der Waals surface area (Å²) in [4.78, 5) is 5.21. The molecular weight excluding hydrogens is 265 g/mol. The minimum absolute atomic E-state index is 0.158. The molecule has 0 aliphatic rings. The van der Waals surface area contributed by atoms with Crippen molar-refractivity contribution in [3.63, 3.8) is 0 Å². The topological polar surface area (TPSA) is 60.2 Å². The third kappa shape index (κ3) is 2.91. The van der Waals surface area contributed by atoms with Crippen molar-refractivity contribution in [1.29, 1.82) is 0 Å². The predicted molar refractivity (Wildman–Crippen MR) is 73.6 cm³/mol. The second kappa shape index (κ2) is 6.10. The van der Waals surface area contributed by atoms with Gasteiger partial charge in [-0.05, 0) is 25.0 Å². The van der Waals surface area contributed by atoms with Gasteiger partial charge < -0.3 is 4.74 Å². The predicted octanol–water partition coefficient (Wildman–Crippen LogP) is 2.35. The van der Waals surface area contributed by atoms with Gasteiger partial charge in [-0.3, -0.25) is 11.3 Å². The summed E-state index contributed by atoms with van der Waals surface area (Å²) < 4.78 is 19.1. The first-order valence-electron chi connectivity index (χ1n) is 5.84. The lowest BCUT2D eigenvalue weighted by Crippen LogP contribution is -2.29. The zero-order chi connectivity index (χ0) is 13.8. The Bertz CT molecular complexity index is 559. The van der Waals surface area contributed by atoms with Crippen LogP contribution in [0, 0.1) is 12.7 Å². The van der Waals surface area contributed by atoms with E-state index in [9.17, 15) is 4.39 Å². The van der Waals surface area contributed by atoms with E-state index in [0.29, 0.717) is 12.0 Å². The number of halogens is 1. The van der Waals surface area contributed by atoms with Crippen LogP contribution < -0.4 is 16.0 Å². The first kappa shape index (κ1) is 13.9. The molecule has 1 unspecified atom stereocenters. The Morgan fingerprint density at radius 1 is 1.53 bits per heavy atom. The van der Waals surface area contributed by atoms with E-state index in [0.717, 1.165) is 10.6 Å². The van der Waals surface area contributed by atoms with Gasteiger partial charge in [0, 0.05) is 4.88 Å². The van der Waals surface area contributed by atoms with E-state index in [1.165, 1.54) is 18.4 Å². The molecule has 0 fully saturated rings. The summed E-state index contributed by atoms with van der Waals surface area (Å²) in [5.74, 6) is 5.48. The van der Waals surface area contributed by atoms with Gasteiger partial charge in [0.1, 0.15) is 0 Å². The van der Waals surface area contributed by atoms with Gasteiger partial charge in [-0.1, -0.05) is 12.1 Å². The average molecular weight is 281 g/mol. The molecule has 0 amide bonds. The Morgan fingerprint density at radius 3 is 2.89 bits per heavy atom. The van der Waals surface area contributed by atoms with Crippen molar-refractivity contribution in [2.24, 2.45) is 5.84 Å². The van der Waals surface area contributed by atoms with Crippen molar-refractivity contribution >= 4 is 11.3 Å². The summed E-state index contributed by atoms with van der Waals surface area (Å²) in [5.41, 5.74) is 5.96. The Morgan fingerprint density at radius 2 is 2.32 bits per heavy atom. The van der Waals surface area contributed by atoms with Crippen LogP contribution in [0.3, 0.4) is 0 Å². The Labute approximate surface area is 115 Å². The number of hydrogen-bond acceptors (Lipinski definition) is 5. The van der Waals surface area contributed by atoms with Crippen molar-refractivity contribution < 1.29 is 9.13 Å². The normalized spacial score (nSPS) is 12.4. The number of hydrogen-bond donors (Lipinski definition) is 2. The van der Waals surface area contributed by atoms with Crippen molar-refractivity contribution in [2.45, 2.75) is 19.4 Å². The fourth-order valence-corrected chi connectivity index (χ4v) is 2.83. The standard InChI is InChI=1S/C13H16FN3OS/c1-8-13(19-7-16-8)10(17-15)6-9-4-3-5-11(18-2)12(9)14/h3-5,7,10,17H,6,15H2,1-2H3. The van der Waals surface area contributed by atoms with Crippen molar-refractivity contribution in [1.82, 2.24) is 10.4 Å². The SMILES string of the molecule is COc1cccc(CC(NN)c2scnc2C)c1F. The summed E-state index contributed by atoms with van der Waals surface area (Å²) in [7, 11) is 1.45. The molecule has 1 aromatic carbocycles. The van der Waals surface area contributed by atoms with Crippen LogP contribution >= 0.6 is 11.3 Å². The number of benzene rings is 1. The Balaban J connectivity index is 2.27. The molecule has 0 saturated heterocycles. The number of nitrogens with one attached hydrogen (secondary N) is 1. The van der Waals surface area contributed by atoms with Crippen LogP contribution in [0.25, 0.3) is 0 Å². The van der Waals surface area contributed by atoms with E-state index in [4.69, 9.17) is 10.6 Å². The summed E-state index contributed by atoms with van der Waals surface area (Å²) in [5, 5.41) is 0. The minimum Gasteiger partial charge on any atom is -0.494 e. The first-order valence-corrected chi connectivity index (χ1v) is 6.72. The molecular formula is C13H16FN3OS. The van der Waals surface area contributed by atoms with Crippen LogP contribution in [0.4, 0.5) is 4.39 Å². The maximum absolute atomic E-state index is 14.1. The fraction of sp³-hybridized carbons (Fsp3) is 0.308. The van der Waals surface area contributed by atoms with Crippen molar-refractivity contribution in [3.05, 3.63) is 45.7 Å². The van der Waals surface area contributed by atoms with Crippen LogP contribution in [0.15, 0.2) is 23.7 Å². The molecule has 0 aliphatic carbocycles. The second-order valence-electron chi connectivity index (χ2n) is 4.16. The highest BCUT2D eigenvalue weighted by atomic mass is 32.1. The van der Waals surface area contributed by atoms with Gasteiger partial charge >= 0.3 is 0 Å². The van der Waals surface area contributed by atoms with Gasteiger partial charge in [-0.2, -0.15) is 0 Å². The quantitative estimate of drug-likeness (QED) is 0.652. The van der Waals surface area contributed by atoms with E-state index in [-0.39, 0.29) is 17.6 Å². The molecule has 2 aromatic rings. The van der Waals surface area contributed by atoms with E-state index >= 15 is 0 Å². The van der Waals surface area contributed by atoms with Crippen LogP contribution in [0.1, 0.15) is 22.2 Å². The maximum atomic E-state index is 14.1. The number of rotatable bonds is 5. The number of methoxy groups -OCH3 is 1. The van der Waals surface area contributed by atoms with Gasteiger partial charge in [0.25, 0.3) is 0 Å². The number of hydrazine groups is 1. The minimum atomic E-state index is -0.340. The average Bonchev–Trinajstić information content (AvgIpc) is 2.84. The van der Waals surface area contributed by atoms with E-state index in [1.54, 1.807) is 23.7 Å². The smallest absolute Gasteiger partial charge is 0.168 e. The zero-order valence-corrected chi connectivity index (χ0v) is 11.6. The Kier molecular flexibility index (Phi) is 4.47. The molecule has 0 saturated carbocycles. The molecule has 0 spiro atoms. The summed E-state index contributed by atoms with van der Waals surface area (Å²) in [6.45, 7) is 1.91. The number of nitrogens with zero attached hydrogens (tertiary/aromatic N) is 1. The maximum Gasteiger partial charge on any atom is 0.168 e. The highest BCUT2D eigenvalue weighted by Crippen LogP contribution is 2.28. The van der Waals surface area contributed by atoms with E-state index in [2.05, 4.69) is 10.4 Å². The lowest BCUT2D eigenvalue weighted by atomic mass is 10.0. The van der Waals surface area contributed by atoms with Gasteiger partial charge in [0.15, 0.2) is 11.6 Å². The van der Waals surface area contributed by atoms with Crippen molar-refractivity contribution in [2.75, 3.05) is 7.11 Å². The molecule has 0 aliphatic heterocycles. The summed E-state index contributed by atoms with van der Waals surface area (Å²) >= 11 is 1.51. The molecule has 1 atom stereocenters. The van der Waals surface area contributed by atoms with Crippen LogP contribution in [-0.4, -0.2) is 12.1 Å². The fourth-order valence-electron chi connectivity index (χ4n) is 1.96. The number of thiazole rings is 1. The molecule has 1 aromatic heterocycles. The Hall–Kier alpha value is -1.50.